The second kappa shape index (κ2) is 7.89. The molecule has 7 nitrogen and oxygen atoms in total. The molecule has 0 aliphatic carbocycles. The Hall–Kier alpha value is -4.05. The van der Waals surface area contributed by atoms with Gasteiger partial charge >= 0.3 is 0 Å². The maximum atomic E-state index is 10.9. The van der Waals surface area contributed by atoms with Gasteiger partial charge in [0.05, 0.1) is 34.6 Å². The smallest absolute Gasteiger partial charge is 0.269 e. The second-order valence-electron chi connectivity index (χ2n) is 5.74. The number of benzene rings is 2. The quantitative estimate of drug-likeness (QED) is 0.490. The highest BCUT2D eigenvalue weighted by atomic mass is 16.6. The third-order valence-corrected chi connectivity index (χ3v) is 4.02. The van der Waals surface area contributed by atoms with Gasteiger partial charge in [-0.1, -0.05) is 18.7 Å². The van der Waals surface area contributed by atoms with Crippen LogP contribution in [0.25, 0.3) is 5.70 Å². The predicted molar refractivity (Wildman–Crippen MR) is 102 cm³/mol. The van der Waals surface area contributed by atoms with E-state index >= 15 is 0 Å². The molecule has 0 bridgehead atoms. The van der Waals surface area contributed by atoms with E-state index in [0.29, 0.717) is 17.8 Å². The van der Waals surface area contributed by atoms with E-state index in [4.69, 9.17) is 5.26 Å². The third-order valence-electron chi connectivity index (χ3n) is 4.02. The van der Waals surface area contributed by atoms with Gasteiger partial charge in [0.15, 0.2) is 0 Å². The monoisotopic (exact) mass is 357 g/mol. The van der Waals surface area contributed by atoms with Crippen molar-refractivity contribution >= 4 is 17.1 Å². The SMILES string of the molecule is C=C(c1ccc([N+](=O)[O-])cc1)N(Cc1ccc(C#N)cc1)c1cncnc1. The molecule has 0 amide bonds. The first-order valence-electron chi connectivity index (χ1n) is 8.04. The van der Waals surface area contributed by atoms with Crippen LogP contribution in [-0.4, -0.2) is 14.9 Å². The van der Waals surface area contributed by atoms with Crippen LogP contribution in [0.15, 0.2) is 73.8 Å². The number of nitro benzene ring substituents is 1. The summed E-state index contributed by atoms with van der Waals surface area (Å²) in [6.07, 6.45) is 4.79. The van der Waals surface area contributed by atoms with Crippen molar-refractivity contribution in [2.45, 2.75) is 6.54 Å². The van der Waals surface area contributed by atoms with Crippen molar-refractivity contribution in [1.82, 2.24) is 9.97 Å². The van der Waals surface area contributed by atoms with Gasteiger partial charge in [0.2, 0.25) is 0 Å². The van der Waals surface area contributed by atoms with Gasteiger partial charge in [-0.05, 0) is 35.4 Å². The highest BCUT2D eigenvalue weighted by molar-refractivity contribution is 5.77. The standard InChI is InChI=1S/C20H15N5O2/c1-15(18-6-8-19(9-7-18)25(26)27)24(20-11-22-14-23-12-20)13-17-4-2-16(10-21)3-5-17/h2-9,11-12,14H,1,13H2. The molecule has 3 aromatic rings. The molecule has 2 aromatic carbocycles. The lowest BCUT2D eigenvalue weighted by molar-refractivity contribution is -0.384. The summed E-state index contributed by atoms with van der Waals surface area (Å²) < 4.78 is 0. The molecule has 0 saturated heterocycles. The van der Waals surface area contributed by atoms with E-state index in [-0.39, 0.29) is 5.69 Å². The van der Waals surface area contributed by atoms with Crippen LogP contribution >= 0.6 is 0 Å². The van der Waals surface area contributed by atoms with Crippen LogP contribution in [0.1, 0.15) is 16.7 Å². The van der Waals surface area contributed by atoms with Crippen LogP contribution in [0.3, 0.4) is 0 Å². The lowest BCUT2D eigenvalue weighted by atomic mass is 10.1. The van der Waals surface area contributed by atoms with E-state index in [1.807, 2.05) is 17.0 Å². The molecule has 1 heterocycles. The first-order chi connectivity index (χ1) is 13.1. The molecule has 0 saturated carbocycles. The van der Waals surface area contributed by atoms with E-state index in [9.17, 15) is 10.1 Å². The predicted octanol–water partition coefficient (Wildman–Crippen LogP) is 3.93. The van der Waals surface area contributed by atoms with E-state index in [1.54, 1.807) is 36.7 Å². The van der Waals surface area contributed by atoms with Crippen LogP contribution in [-0.2, 0) is 6.54 Å². The summed E-state index contributed by atoms with van der Waals surface area (Å²) in [7, 11) is 0. The van der Waals surface area contributed by atoms with E-state index in [0.717, 1.165) is 16.8 Å². The zero-order valence-corrected chi connectivity index (χ0v) is 14.3. The Bertz CT molecular complexity index is 993. The molecule has 1 aromatic heterocycles. The van der Waals surface area contributed by atoms with Crippen molar-refractivity contribution in [3.05, 3.63) is 101 Å². The number of non-ortho nitro benzene ring substituents is 1. The Labute approximate surface area is 156 Å². The largest absolute Gasteiger partial charge is 0.334 e. The fourth-order valence-corrected chi connectivity index (χ4v) is 2.57. The first-order valence-corrected chi connectivity index (χ1v) is 8.04. The lowest BCUT2D eigenvalue weighted by Crippen LogP contribution is -2.20. The summed E-state index contributed by atoms with van der Waals surface area (Å²) in [5.74, 6) is 0. The van der Waals surface area contributed by atoms with Gasteiger partial charge < -0.3 is 4.90 Å². The van der Waals surface area contributed by atoms with Crippen molar-refractivity contribution < 1.29 is 4.92 Å². The molecule has 0 aliphatic heterocycles. The molecule has 0 spiro atoms. The first kappa shape index (κ1) is 17.8. The zero-order valence-electron chi connectivity index (χ0n) is 14.3. The summed E-state index contributed by atoms with van der Waals surface area (Å²) in [5, 5.41) is 19.8. The van der Waals surface area contributed by atoms with E-state index in [1.165, 1.54) is 18.5 Å². The summed E-state index contributed by atoms with van der Waals surface area (Å²) in [6.45, 7) is 4.64. The topological polar surface area (TPSA) is 96.0 Å². The van der Waals surface area contributed by atoms with Gasteiger partial charge in [0, 0.05) is 24.4 Å². The van der Waals surface area contributed by atoms with Crippen molar-refractivity contribution in [2.24, 2.45) is 0 Å². The Morgan fingerprint density at radius 1 is 1.11 bits per heavy atom. The number of aromatic nitrogens is 2. The summed E-state index contributed by atoms with van der Waals surface area (Å²) in [6, 6.07) is 15.6. The molecule has 0 atom stereocenters. The molecule has 7 heteroatoms. The van der Waals surface area contributed by atoms with Crippen molar-refractivity contribution in [3.8, 4) is 6.07 Å². The van der Waals surface area contributed by atoms with Crippen LogP contribution in [0.2, 0.25) is 0 Å². The molecule has 27 heavy (non-hydrogen) atoms. The average molecular weight is 357 g/mol. The molecule has 0 N–H and O–H groups in total. The fourth-order valence-electron chi connectivity index (χ4n) is 2.57. The number of nitro groups is 1. The van der Waals surface area contributed by atoms with Crippen LogP contribution in [0.5, 0.6) is 0 Å². The number of hydrogen-bond acceptors (Lipinski definition) is 6. The Kier molecular flexibility index (Phi) is 5.19. The van der Waals surface area contributed by atoms with Crippen LogP contribution in [0, 0.1) is 21.4 Å². The molecule has 3 rings (SSSR count). The maximum Gasteiger partial charge on any atom is 0.269 e. The third kappa shape index (κ3) is 4.14. The highest BCUT2D eigenvalue weighted by Crippen LogP contribution is 2.27. The number of anilines is 1. The van der Waals surface area contributed by atoms with E-state index < -0.39 is 4.92 Å². The molecular formula is C20H15N5O2. The molecular weight excluding hydrogens is 342 g/mol. The fraction of sp³-hybridized carbons (Fsp3) is 0.0500. The number of nitrogens with zero attached hydrogens (tertiary/aromatic N) is 5. The summed E-state index contributed by atoms with van der Waals surface area (Å²) in [4.78, 5) is 20.5. The molecule has 0 unspecified atom stereocenters. The Morgan fingerprint density at radius 3 is 2.30 bits per heavy atom. The van der Waals surface area contributed by atoms with Gasteiger partial charge in [-0.3, -0.25) is 10.1 Å². The number of rotatable bonds is 6. The average Bonchev–Trinajstić information content (AvgIpc) is 2.72. The lowest BCUT2D eigenvalue weighted by Gasteiger charge is -2.26. The van der Waals surface area contributed by atoms with Gasteiger partial charge in [-0.2, -0.15) is 5.26 Å². The summed E-state index contributed by atoms with van der Waals surface area (Å²) in [5.41, 5.74) is 3.73. The number of hydrogen-bond donors (Lipinski definition) is 0. The second-order valence-corrected chi connectivity index (χ2v) is 5.74. The summed E-state index contributed by atoms with van der Waals surface area (Å²) >= 11 is 0. The van der Waals surface area contributed by atoms with Crippen molar-refractivity contribution in [1.29, 1.82) is 5.26 Å². The molecule has 0 aliphatic rings. The van der Waals surface area contributed by atoms with Crippen molar-refractivity contribution in [3.63, 3.8) is 0 Å². The minimum absolute atomic E-state index is 0.0215. The maximum absolute atomic E-state index is 10.9. The van der Waals surface area contributed by atoms with Gasteiger partial charge in [0.1, 0.15) is 6.33 Å². The molecule has 132 valence electrons. The Morgan fingerprint density at radius 2 is 1.74 bits per heavy atom. The van der Waals surface area contributed by atoms with Crippen LogP contribution < -0.4 is 4.90 Å². The Balaban J connectivity index is 1.92. The minimum Gasteiger partial charge on any atom is -0.334 e. The number of nitriles is 1. The minimum atomic E-state index is -0.438. The molecule has 0 fully saturated rings. The van der Waals surface area contributed by atoms with Gasteiger partial charge in [-0.15, -0.1) is 0 Å². The van der Waals surface area contributed by atoms with Gasteiger partial charge in [0.25, 0.3) is 5.69 Å². The normalized spacial score (nSPS) is 10.0. The van der Waals surface area contributed by atoms with Crippen LogP contribution in [0.4, 0.5) is 11.4 Å². The zero-order chi connectivity index (χ0) is 19.2. The molecule has 0 radical (unpaired) electrons. The van der Waals surface area contributed by atoms with E-state index in [2.05, 4.69) is 22.6 Å². The van der Waals surface area contributed by atoms with Gasteiger partial charge in [-0.25, -0.2) is 9.97 Å². The van der Waals surface area contributed by atoms with Crippen molar-refractivity contribution in [2.75, 3.05) is 4.90 Å². The highest BCUT2D eigenvalue weighted by Gasteiger charge is 2.15.